The van der Waals surface area contributed by atoms with E-state index in [0.717, 1.165) is 18.5 Å². The lowest BCUT2D eigenvalue weighted by molar-refractivity contribution is 0.0213. The molecule has 0 aromatic rings. The van der Waals surface area contributed by atoms with Crippen molar-refractivity contribution >= 4 is 0 Å². The number of nitrogens with zero attached hydrogens (tertiary/aromatic N) is 2. The molecule has 2 atom stereocenters. The van der Waals surface area contributed by atoms with Crippen LogP contribution in [-0.4, -0.2) is 54.6 Å². The summed E-state index contributed by atoms with van der Waals surface area (Å²) in [6.45, 7) is 5.03. The van der Waals surface area contributed by atoms with Gasteiger partial charge >= 0.3 is 0 Å². The van der Waals surface area contributed by atoms with Gasteiger partial charge in [-0.1, -0.05) is 0 Å². The molecule has 3 aliphatic rings. The standard InChI is InChI=1S/C14H27N3/c1-16-8-2-4-12-10-17(9-5-13(12)16)11-14(15)6-3-7-14/h12-13H,2-11,15H2,1H3. The van der Waals surface area contributed by atoms with Crippen LogP contribution in [-0.2, 0) is 0 Å². The summed E-state index contributed by atoms with van der Waals surface area (Å²) in [6, 6.07) is 0.857. The van der Waals surface area contributed by atoms with Gasteiger partial charge in [0.25, 0.3) is 0 Å². The van der Waals surface area contributed by atoms with Gasteiger partial charge in [-0.3, -0.25) is 0 Å². The van der Waals surface area contributed by atoms with E-state index in [9.17, 15) is 0 Å². The Kier molecular flexibility index (Phi) is 3.18. The maximum absolute atomic E-state index is 6.38. The van der Waals surface area contributed by atoms with Gasteiger partial charge in [0.2, 0.25) is 0 Å². The van der Waals surface area contributed by atoms with Crippen molar-refractivity contribution in [2.24, 2.45) is 11.7 Å². The summed E-state index contributed by atoms with van der Waals surface area (Å²) in [5.74, 6) is 0.908. The quantitative estimate of drug-likeness (QED) is 0.785. The zero-order valence-corrected chi connectivity index (χ0v) is 11.2. The molecule has 0 aromatic heterocycles. The minimum Gasteiger partial charge on any atom is -0.324 e. The molecule has 3 rings (SSSR count). The normalized spacial score (nSPS) is 38.5. The summed E-state index contributed by atoms with van der Waals surface area (Å²) in [7, 11) is 2.31. The van der Waals surface area contributed by atoms with Gasteiger partial charge in [0.1, 0.15) is 0 Å². The Balaban J connectivity index is 1.56. The summed E-state index contributed by atoms with van der Waals surface area (Å²) >= 11 is 0. The molecule has 0 aromatic carbocycles. The van der Waals surface area contributed by atoms with Crippen molar-refractivity contribution in [3.8, 4) is 0 Å². The first kappa shape index (κ1) is 11.9. The number of fused-ring (bicyclic) bond motifs is 1. The Labute approximate surface area is 105 Å². The zero-order chi connectivity index (χ0) is 11.9. The second-order valence-electron chi connectivity index (χ2n) is 6.69. The molecule has 1 aliphatic carbocycles. The first-order chi connectivity index (χ1) is 8.16. The van der Waals surface area contributed by atoms with Crippen molar-refractivity contribution < 1.29 is 0 Å². The molecule has 2 N–H and O–H groups in total. The van der Waals surface area contributed by atoms with E-state index >= 15 is 0 Å². The van der Waals surface area contributed by atoms with Crippen LogP contribution < -0.4 is 5.73 Å². The second kappa shape index (κ2) is 4.52. The number of piperidine rings is 2. The predicted molar refractivity (Wildman–Crippen MR) is 71.0 cm³/mol. The third-order valence-electron chi connectivity index (χ3n) is 5.32. The monoisotopic (exact) mass is 237 g/mol. The number of hydrogen-bond donors (Lipinski definition) is 1. The van der Waals surface area contributed by atoms with E-state index in [4.69, 9.17) is 5.73 Å². The van der Waals surface area contributed by atoms with Crippen LogP contribution in [0, 0.1) is 5.92 Å². The fourth-order valence-electron chi connectivity index (χ4n) is 4.11. The van der Waals surface area contributed by atoms with Crippen molar-refractivity contribution in [1.29, 1.82) is 0 Å². The fourth-order valence-corrected chi connectivity index (χ4v) is 4.11. The van der Waals surface area contributed by atoms with Crippen LogP contribution in [0.2, 0.25) is 0 Å². The Morgan fingerprint density at radius 2 is 2.00 bits per heavy atom. The molecule has 17 heavy (non-hydrogen) atoms. The number of rotatable bonds is 2. The number of nitrogens with two attached hydrogens (primary N) is 1. The lowest BCUT2D eigenvalue weighted by atomic mass is 9.76. The molecular formula is C14H27N3. The van der Waals surface area contributed by atoms with Gasteiger partial charge in [0, 0.05) is 24.7 Å². The Bertz CT molecular complexity index is 275. The van der Waals surface area contributed by atoms with E-state index in [0.29, 0.717) is 0 Å². The smallest absolute Gasteiger partial charge is 0.0283 e. The SMILES string of the molecule is CN1CCCC2CN(CC3(N)CCC3)CCC21. The molecule has 2 aliphatic heterocycles. The first-order valence-electron chi connectivity index (χ1n) is 7.38. The lowest BCUT2D eigenvalue weighted by Gasteiger charge is -2.49. The van der Waals surface area contributed by atoms with Gasteiger partial charge in [-0.2, -0.15) is 0 Å². The molecule has 2 saturated heterocycles. The van der Waals surface area contributed by atoms with Crippen LogP contribution in [0.3, 0.4) is 0 Å². The summed E-state index contributed by atoms with van der Waals surface area (Å²) in [6.07, 6.45) is 8.02. The number of likely N-dealkylation sites (tertiary alicyclic amines) is 2. The highest BCUT2D eigenvalue weighted by Crippen LogP contribution is 2.34. The van der Waals surface area contributed by atoms with E-state index < -0.39 is 0 Å². The summed E-state index contributed by atoms with van der Waals surface area (Å²) in [5, 5.41) is 0. The Morgan fingerprint density at radius 3 is 2.71 bits per heavy atom. The highest BCUT2D eigenvalue weighted by molar-refractivity contribution is 4.98. The molecule has 1 saturated carbocycles. The summed E-state index contributed by atoms with van der Waals surface area (Å²) in [4.78, 5) is 5.24. The molecule has 2 heterocycles. The molecule has 98 valence electrons. The molecule has 3 nitrogen and oxygen atoms in total. The van der Waals surface area contributed by atoms with Crippen molar-refractivity contribution in [3.05, 3.63) is 0 Å². The molecule has 0 bridgehead atoms. The minimum absolute atomic E-state index is 0.174. The van der Waals surface area contributed by atoms with Crippen molar-refractivity contribution in [1.82, 2.24) is 9.80 Å². The van der Waals surface area contributed by atoms with Crippen LogP contribution >= 0.6 is 0 Å². The van der Waals surface area contributed by atoms with Gasteiger partial charge in [-0.25, -0.2) is 0 Å². The third kappa shape index (κ3) is 2.38. The van der Waals surface area contributed by atoms with Crippen LogP contribution in [0.25, 0.3) is 0 Å². The highest BCUT2D eigenvalue weighted by atomic mass is 15.2. The van der Waals surface area contributed by atoms with Gasteiger partial charge < -0.3 is 15.5 Å². The molecule has 0 amide bonds. The average molecular weight is 237 g/mol. The Hall–Kier alpha value is -0.120. The average Bonchev–Trinajstić information content (AvgIpc) is 2.27. The van der Waals surface area contributed by atoms with Crippen LogP contribution in [0.1, 0.15) is 38.5 Å². The van der Waals surface area contributed by atoms with Gasteiger partial charge in [0.15, 0.2) is 0 Å². The van der Waals surface area contributed by atoms with Crippen LogP contribution in [0.4, 0.5) is 0 Å². The molecule has 0 spiro atoms. The maximum Gasteiger partial charge on any atom is 0.0283 e. The maximum atomic E-state index is 6.38. The topological polar surface area (TPSA) is 32.5 Å². The van der Waals surface area contributed by atoms with E-state index in [1.54, 1.807) is 0 Å². The zero-order valence-electron chi connectivity index (χ0n) is 11.2. The summed E-state index contributed by atoms with van der Waals surface area (Å²) in [5.41, 5.74) is 6.55. The molecular weight excluding hydrogens is 210 g/mol. The van der Waals surface area contributed by atoms with Crippen LogP contribution in [0.15, 0.2) is 0 Å². The van der Waals surface area contributed by atoms with Gasteiger partial charge in [-0.05, 0) is 64.6 Å². The fraction of sp³-hybridized carbons (Fsp3) is 1.00. The van der Waals surface area contributed by atoms with E-state index in [1.807, 2.05) is 0 Å². The lowest BCUT2D eigenvalue weighted by Crippen LogP contribution is -2.59. The molecule has 0 radical (unpaired) electrons. The highest BCUT2D eigenvalue weighted by Gasteiger charge is 2.39. The van der Waals surface area contributed by atoms with Gasteiger partial charge in [0.05, 0.1) is 0 Å². The van der Waals surface area contributed by atoms with Crippen molar-refractivity contribution in [3.63, 3.8) is 0 Å². The predicted octanol–water partition coefficient (Wildman–Crippen LogP) is 1.28. The molecule has 3 heteroatoms. The van der Waals surface area contributed by atoms with Crippen LogP contribution in [0.5, 0.6) is 0 Å². The minimum atomic E-state index is 0.174. The summed E-state index contributed by atoms with van der Waals surface area (Å²) < 4.78 is 0. The number of hydrogen-bond acceptors (Lipinski definition) is 3. The Morgan fingerprint density at radius 1 is 1.18 bits per heavy atom. The van der Waals surface area contributed by atoms with E-state index in [2.05, 4.69) is 16.8 Å². The first-order valence-corrected chi connectivity index (χ1v) is 7.38. The molecule has 3 fully saturated rings. The van der Waals surface area contributed by atoms with E-state index in [-0.39, 0.29) is 5.54 Å². The second-order valence-corrected chi connectivity index (χ2v) is 6.69. The van der Waals surface area contributed by atoms with Crippen molar-refractivity contribution in [2.45, 2.75) is 50.1 Å². The largest absolute Gasteiger partial charge is 0.324 e. The third-order valence-corrected chi connectivity index (χ3v) is 5.32. The van der Waals surface area contributed by atoms with Crippen molar-refractivity contribution in [2.75, 3.05) is 33.2 Å². The molecule has 2 unspecified atom stereocenters. The van der Waals surface area contributed by atoms with E-state index in [1.165, 1.54) is 58.2 Å². The van der Waals surface area contributed by atoms with Gasteiger partial charge in [-0.15, -0.1) is 0 Å².